The molecule has 0 aliphatic heterocycles. The van der Waals surface area contributed by atoms with Crippen LogP contribution in [0.4, 0.5) is 5.69 Å². The second-order valence-electron chi connectivity index (χ2n) is 5.31. The average Bonchev–Trinajstić information content (AvgIpc) is 3.00. The van der Waals surface area contributed by atoms with Gasteiger partial charge in [0.25, 0.3) is 5.91 Å². The van der Waals surface area contributed by atoms with Crippen LogP contribution in [0.3, 0.4) is 0 Å². The van der Waals surface area contributed by atoms with Crippen molar-refractivity contribution >= 4 is 17.5 Å². The van der Waals surface area contributed by atoms with E-state index in [2.05, 4.69) is 22.8 Å². The zero-order valence-corrected chi connectivity index (χ0v) is 12.8. The molecule has 2 rings (SSSR count). The molecule has 2 N–H and O–H groups in total. The molecule has 0 spiro atoms. The maximum Gasteiger partial charge on any atom is 0.253 e. The molecule has 1 aromatic rings. The highest BCUT2D eigenvalue weighted by Gasteiger charge is 2.16. The molecule has 118 valence electrons. The molecule has 0 saturated heterocycles. The maximum atomic E-state index is 12.1. The Kier molecular flexibility index (Phi) is 6.15. The van der Waals surface area contributed by atoms with E-state index in [1.807, 2.05) is 0 Å². The van der Waals surface area contributed by atoms with Crippen LogP contribution in [0.2, 0.25) is 0 Å². The molecule has 1 aliphatic rings. The molecule has 0 unspecified atom stereocenters. The topological polar surface area (TPSA) is 67.4 Å². The third-order valence-electron chi connectivity index (χ3n) is 3.60. The van der Waals surface area contributed by atoms with Gasteiger partial charge in [-0.15, -0.1) is 0 Å². The lowest BCUT2D eigenvalue weighted by atomic mass is 10.0. The van der Waals surface area contributed by atoms with Gasteiger partial charge in [-0.2, -0.15) is 0 Å². The summed E-state index contributed by atoms with van der Waals surface area (Å²) in [4.78, 5) is 24.2. The zero-order chi connectivity index (χ0) is 15.8. The Labute approximate surface area is 130 Å². The Balaban J connectivity index is 1.96. The SMILES string of the molecule is COCCNC(=O)c1ccccc1NC(=O)C[C@H]1C=CCC1. The third kappa shape index (κ3) is 4.70. The highest BCUT2D eigenvalue weighted by atomic mass is 16.5. The largest absolute Gasteiger partial charge is 0.383 e. The Morgan fingerprint density at radius 3 is 2.86 bits per heavy atom. The van der Waals surface area contributed by atoms with Crippen molar-refractivity contribution in [2.75, 3.05) is 25.6 Å². The first-order chi connectivity index (χ1) is 10.7. The highest BCUT2D eigenvalue weighted by molar-refractivity contribution is 6.03. The van der Waals surface area contributed by atoms with Crippen LogP contribution >= 0.6 is 0 Å². The van der Waals surface area contributed by atoms with Crippen molar-refractivity contribution in [3.63, 3.8) is 0 Å². The van der Waals surface area contributed by atoms with Crippen molar-refractivity contribution in [3.05, 3.63) is 42.0 Å². The van der Waals surface area contributed by atoms with Gasteiger partial charge in [-0.05, 0) is 30.9 Å². The summed E-state index contributed by atoms with van der Waals surface area (Å²) in [5.41, 5.74) is 1.01. The molecular weight excluding hydrogens is 280 g/mol. The van der Waals surface area contributed by atoms with E-state index in [1.165, 1.54) is 0 Å². The van der Waals surface area contributed by atoms with Crippen LogP contribution in [0, 0.1) is 5.92 Å². The van der Waals surface area contributed by atoms with Crippen LogP contribution in [-0.4, -0.2) is 32.1 Å². The molecule has 2 amide bonds. The summed E-state index contributed by atoms with van der Waals surface area (Å²) < 4.78 is 4.91. The molecule has 22 heavy (non-hydrogen) atoms. The van der Waals surface area contributed by atoms with E-state index in [4.69, 9.17) is 4.74 Å². The first-order valence-corrected chi connectivity index (χ1v) is 7.53. The number of benzene rings is 1. The van der Waals surface area contributed by atoms with Crippen molar-refractivity contribution in [1.82, 2.24) is 5.32 Å². The van der Waals surface area contributed by atoms with Gasteiger partial charge in [0.05, 0.1) is 17.9 Å². The normalized spacial score (nSPS) is 16.5. The second kappa shape index (κ2) is 8.34. The molecule has 1 aromatic carbocycles. The molecule has 1 aliphatic carbocycles. The Morgan fingerprint density at radius 1 is 1.32 bits per heavy atom. The molecule has 0 aromatic heterocycles. The molecule has 1 atom stereocenters. The summed E-state index contributed by atoms with van der Waals surface area (Å²) in [6.07, 6.45) is 6.71. The van der Waals surface area contributed by atoms with Gasteiger partial charge >= 0.3 is 0 Å². The van der Waals surface area contributed by atoms with Gasteiger partial charge in [0.15, 0.2) is 0 Å². The summed E-state index contributed by atoms with van der Waals surface area (Å²) in [6, 6.07) is 7.03. The Bertz CT molecular complexity index is 555. The maximum absolute atomic E-state index is 12.1. The lowest BCUT2D eigenvalue weighted by Crippen LogP contribution is -2.28. The minimum absolute atomic E-state index is 0.0614. The molecule has 5 heteroatoms. The standard InChI is InChI=1S/C17H22N2O3/c1-22-11-10-18-17(21)14-8-4-5-9-15(14)19-16(20)12-13-6-2-3-7-13/h2,4-6,8-9,13H,3,7,10-12H2,1H3,(H,18,21)(H,19,20)/t13-/m0/s1. The number of nitrogens with one attached hydrogen (secondary N) is 2. The van der Waals surface area contributed by atoms with Crippen LogP contribution in [0.15, 0.2) is 36.4 Å². The number of para-hydroxylation sites is 1. The third-order valence-corrected chi connectivity index (χ3v) is 3.60. The summed E-state index contributed by atoms with van der Waals surface area (Å²) in [6.45, 7) is 0.888. The monoisotopic (exact) mass is 302 g/mol. The van der Waals surface area contributed by atoms with Crippen molar-refractivity contribution in [2.24, 2.45) is 5.92 Å². The number of carbonyl (C=O) groups excluding carboxylic acids is 2. The first-order valence-electron chi connectivity index (χ1n) is 7.53. The number of amides is 2. The molecule has 0 fully saturated rings. The van der Waals surface area contributed by atoms with E-state index < -0.39 is 0 Å². The summed E-state index contributed by atoms with van der Waals surface area (Å²) in [5.74, 6) is 0.0325. The van der Waals surface area contributed by atoms with Crippen molar-refractivity contribution in [1.29, 1.82) is 0 Å². The quantitative estimate of drug-likeness (QED) is 0.600. The molecule has 0 saturated carbocycles. The summed E-state index contributed by atoms with van der Waals surface area (Å²) >= 11 is 0. The first kappa shape index (κ1) is 16.2. The summed E-state index contributed by atoms with van der Waals surface area (Å²) in [7, 11) is 1.58. The van der Waals surface area contributed by atoms with Crippen LogP contribution in [0.1, 0.15) is 29.6 Å². The van der Waals surface area contributed by atoms with Gasteiger partial charge in [-0.25, -0.2) is 0 Å². The van der Waals surface area contributed by atoms with E-state index in [1.54, 1.807) is 31.4 Å². The number of rotatable bonds is 7. The second-order valence-corrected chi connectivity index (χ2v) is 5.31. The molecule has 0 radical (unpaired) electrons. The molecule has 0 heterocycles. The van der Waals surface area contributed by atoms with Crippen LogP contribution < -0.4 is 10.6 Å². The molecular formula is C17H22N2O3. The van der Waals surface area contributed by atoms with Crippen LogP contribution in [-0.2, 0) is 9.53 Å². The Hall–Kier alpha value is -2.14. The van der Waals surface area contributed by atoms with Crippen LogP contribution in [0.25, 0.3) is 0 Å². The van der Waals surface area contributed by atoms with Gasteiger partial charge in [0.1, 0.15) is 0 Å². The molecule has 5 nitrogen and oxygen atoms in total. The number of carbonyl (C=O) groups is 2. The predicted molar refractivity (Wildman–Crippen MR) is 85.8 cm³/mol. The number of hydrogen-bond acceptors (Lipinski definition) is 3. The lowest BCUT2D eigenvalue weighted by molar-refractivity contribution is -0.116. The fourth-order valence-electron chi connectivity index (χ4n) is 2.46. The van der Waals surface area contributed by atoms with E-state index in [0.717, 1.165) is 12.8 Å². The van der Waals surface area contributed by atoms with Crippen molar-refractivity contribution in [2.45, 2.75) is 19.3 Å². The minimum atomic E-state index is -0.214. The number of methoxy groups -OCH3 is 1. The summed E-state index contributed by atoms with van der Waals surface area (Å²) in [5, 5.41) is 5.60. The Morgan fingerprint density at radius 2 is 2.14 bits per heavy atom. The number of ether oxygens (including phenoxy) is 1. The minimum Gasteiger partial charge on any atom is -0.383 e. The van der Waals surface area contributed by atoms with E-state index >= 15 is 0 Å². The number of anilines is 1. The zero-order valence-electron chi connectivity index (χ0n) is 12.8. The van der Waals surface area contributed by atoms with E-state index in [0.29, 0.717) is 36.7 Å². The fourth-order valence-corrected chi connectivity index (χ4v) is 2.46. The van der Waals surface area contributed by atoms with E-state index in [-0.39, 0.29) is 11.8 Å². The lowest BCUT2D eigenvalue weighted by Gasteiger charge is -2.12. The average molecular weight is 302 g/mol. The number of allylic oxidation sites excluding steroid dienone is 2. The van der Waals surface area contributed by atoms with Gasteiger partial charge in [0.2, 0.25) is 5.91 Å². The van der Waals surface area contributed by atoms with Crippen molar-refractivity contribution in [3.8, 4) is 0 Å². The van der Waals surface area contributed by atoms with Gasteiger partial charge in [-0.3, -0.25) is 9.59 Å². The van der Waals surface area contributed by atoms with Gasteiger partial charge in [-0.1, -0.05) is 24.3 Å². The molecule has 0 bridgehead atoms. The predicted octanol–water partition coefficient (Wildman–Crippen LogP) is 2.36. The fraction of sp³-hybridized carbons (Fsp3) is 0.412. The van der Waals surface area contributed by atoms with Gasteiger partial charge in [0, 0.05) is 20.1 Å². The van der Waals surface area contributed by atoms with Crippen LogP contribution in [0.5, 0.6) is 0 Å². The highest BCUT2D eigenvalue weighted by Crippen LogP contribution is 2.22. The smallest absolute Gasteiger partial charge is 0.253 e. The van der Waals surface area contributed by atoms with E-state index in [9.17, 15) is 9.59 Å². The van der Waals surface area contributed by atoms with Gasteiger partial charge < -0.3 is 15.4 Å². The number of hydrogen-bond donors (Lipinski definition) is 2. The van der Waals surface area contributed by atoms with Crippen molar-refractivity contribution < 1.29 is 14.3 Å².